The summed E-state index contributed by atoms with van der Waals surface area (Å²) in [5, 5.41) is 3.44. The number of likely N-dealkylation sites (N-methyl/N-ethyl adjacent to an activating group) is 1. The lowest BCUT2D eigenvalue weighted by atomic mass is 10.0. The monoisotopic (exact) mass is 310 g/mol. The van der Waals surface area contributed by atoms with E-state index in [1.54, 1.807) is 43.1 Å². The van der Waals surface area contributed by atoms with Crippen LogP contribution in [0.2, 0.25) is 5.02 Å². The summed E-state index contributed by atoms with van der Waals surface area (Å²) in [6.45, 7) is 6.72. The number of halogens is 1. The van der Waals surface area contributed by atoms with Gasteiger partial charge in [0.1, 0.15) is 0 Å². The fourth-order valence-corrected chi connectivity index (χ4v) is 1.92. The Labute approximate surface area is 131 Å². The van der Waals surface area contributed by atoms with Crippen LogP contribution in [-0.4, -0.2) is 42.8 Å². The predicted octanol–water partition coefficient (Wildman–Crippen LogP) is 2.62. The Kier molecular flexibility index (Phi) is 6.85. The zero-order valence-electron chi connectivity index (χ0n) is 13.0. The Balaban J connectivity index is 2.57. The molecule has 0 aliphatic heterocycles. The lowest BCUT2D eigenvalue weighted by Gasteiger charge is -2.23. The van der Waals surface area contributed by atoms with E-state index in [1.807, 2.05) is 13.8 Å². The summed E-state index contributed by atoms with van der Waals surface area (Å²) >= 11 is 5.81. The number of ketones is 1. The normalized spacial score (nSPS) is 12.5. The molecule has 1 aromatic carbocycles. The van der Waals surface area contributed by atoms with Crippen molar-refractivity contribution in [2.75, 3.05) is 20.1 Å². The molecule has 0 fully saturated rings. The maximum atomic E-state index is 12.3. The van der Waals surface area contributed by atoms with E-state index in [2.05, 4.69) is 5.32 Å². The van der Waals surface area contributed by atoms with Crippen molar-refractivity contribution in [2.45, 2.75) is 26.8 Å². The van der Waals surface area contributed by atoms with E-state index in [9.17, 15) is 9.59 Å². The van der Waals surface area contributed by atoms with Gasteiger partial charge >= 0.3 is 0 Å². The zero-order valence-corrected chi connectivity index (χ0v) is 13.8. The minimum absolute atomic E-state index is 0.0224. The molecule has 1 rings (SSSR count). The van der Waals surface area contributed by atoms with Crippen LogP contribution in [0.5, 0.6) is 0 Å². The lowest BCUT2D eigenvalue weighted by molar-refractivity contribution is -0.122. The first-order chi connectivity index (χ1) is 9.81. The van der Waals surface area contributed by atoms with Crippen molar-refractivity contribution < 1.29 is 9.59 Å². The second-order valence-electron chi connectivity index (χ2n) is 5.66. The summed E-state index contributed by atoms with van der Waals surface area (Å²) in [5.74, 6) is 0.320. The summed E-state index contributed by atoms with van der Waals surface area (Å²) in [6.07, 6.45) is 0. The van der Waals surface area contributed by atoms with Crippen LogP contribution in [0, 0.1) is 5.92 Å². The van der Waals surface area contributed by atoms with Crippen molar-refractivity contribution in [1.82, 2.24) is 10.2 Å². The Bertz CT molecular complexity index is 486. The third-order valence-electron chi connectivity index (χ3n) is 3.27. The molecule has 21 heavy (non-hydrogen) atoms. The van der Waals surface area contributed by atoms with E-state index < -0.39 is 0 Å². The minimum Gasteiger partial charge on any atom is -0.355 e. The molecule has 0 radical (unpaired) electrons. The molecule has 1 atom stereocenters. The van der Waals surface area contributed by atoms with Crippen molar-refractivity contribution in [3.8, 4) is 0 Å². The van der Waals surface area contributed by atoms with Crippen LogP contribution in [0.3, 0.4) is 0 Å². The number of carbonyl (C=O) groups excluding carboxylic acids is 2. The Morgan fingerprint density at radius 3 is 2.29 bits per heavy atom. The molecule has 1 N–H and O–H groups in total. The third kappa shape index (κ3) is 5.86. The van der Waals surface area contributed by atoms with Gasteiger partial charge in [-0.05, 0) is 44.2 Å². The molecule has 0 aliphatic rings. The standard InChI is InChI=1S/C16H23ClN2O2/c1-11(2)9-18-15(20)10-19(4)12(3)16(21)13-5-7-14(17)8-6-13/h5-8,11-12H,9-10H2,1-4H3,(H,18,20). The molecular formula is C16H23ClN2O2. The summed E-state index contributed by atoms with van der Waals surface area (Å²) < 4.78 is 0. The molecule has 116 valence electrons. The number of hydrogen-bond acceptors (Lipinski definition) is 3. The van der Waals surface area contributed by atoms with Gasteiger partial charge in [-0.25, -0.2) is 0 Å². The fraction of sp³-hybridized carbons (Fsp3) is 0.500. The smallest absolute Gasteiger partial charge is 0.234 e. The number of amides is 1. The van der Waals surface area contributed by atoms with Gasteiger partial charge in [-0.2, -0.15) is 0 Å². The molecule has 1 unspecified atom stereocenters. The van der Waals surface area contributed by atoms with E-state index in [1.165, 1.54) is 0 Å². The Morgan fingerprint density at radius 2 is 1.76 bits per heavy atom. The summed E-state index contributed by atoms with van der Waals surface area (Å²) in [4.78, 5) is 25.9. The van der Waals surface area contributed by atoms with Gasteiger partial charge in [0.25, 0.3) is 0 Å². The number of benzene rings is 1. The number of nitrogens with zero attached hydrogens (tertiary/aromatic N) is 1. The Hall–Kier alpha value is -1.39. The van der Waals surface area contributed by atoms with Crippen LogP contribution >= 0.6 is 11.6 Å². The van der Waals surface area contributed by atoms with Gasteiger partial charge in [-0.3, -0.25) is 14.5 Å². The van der Waals surface area contributed by atoms with Gasteiger partial charge < -0.3 is 5.32 Å². The first-order valence-electron chi connectivity index (χ1n) is 7.08. The molecule has 0 spiro atoms. The quantitative estimate of drug-likeness (QED) is 0.788. The van der Waals surface area contributed by atoms with Gasteiger partial charge in [0.05, 0.1) is 12.6 Å². The summed E-state index contributed by atoms with van der Waals surface area (Å²) in [5.41, 5.74) is 0.598. The van der Waals surface area contributed by atoms with Crippen LogP contribution < -0.4 is 5.32 Å². The highest BCUT2D eigenvalue weighted by Crippen LogP contribution is 2.12. The van der Waals surface area contributed by atoms with Crippen LogP contribution in [0.4, 0.5) is 0 Å². The van der Waals surface area contributed by atoms with Crippen molar-refractivity contribution in [2.24, 2.45) is 5.92 Å². The zero-order chi connectivity index (χ0) is 16.0. The highest BCUT2D eigenvalue weighted by atomic mass is 35.5. The largest absolute Gasteiger partial charge is 0.355 e. The molecule has 1 aromatic rings. The molecular weight excluding hydrogens is 288 g/mol. The second-order valence-corrected chi connectivity index (χ2v) is 6.10. The van der Waals surface area contributed by atoms with Crippen LogP contribution in [-0.2, 0) is 4.79 Å². The fourth-order valence-electron chi connectivity index (χ4n) is 1.79. The number of carbonyl (C=O) groups is 2. The number of hydrogen-bond donors (Lipinski definition) is 1. The SMILES string of the molecule is CC(C)CNC(=O)CN(C)C(C)C(=O)c1ccc(Cl)cc1. The summed E-state index contributed by atoms with van der Waals surface area (Å²) in [6, 6.07) is 6.42. The second kappa shape index (κ2) is 8.15. The van der Waals surface area contributed by atoms with Gasteiger partial charge in [-0.15, -0.1) is 0 Å². The maximum absolute atomic E-state index is 12.3. The minimum atomic E-state index is -0.365. The van der Waals surface area contributed by atoms with E-state index in [4.69, 9.17) is 11.6 Å². The molecule has 0 saturated heterocycles. The molecule has 0 saturated carbocycles. The topological polar surface area (TPSA) is 49.4 Å². The van der Waals surface area contributed by atoms with E-state index in [0.717, 1.165) is 0 Å². The van der Waals surface area contributed by atoms with Crippen molar-refractivity contribution in [3.63, 3.8) is 0 Å². The van der Waals surface area contributed by atoms with Gasteiger partial charge in [0.2, 0.25) is 5.91 Å². The maximum Gasteiger partial charge on any atom is 0.234 e. The number of Topliss-reactive ketones (excluding diaryl/α,β-unsaturated/α-hetero) is 1. The molecule has 5 heteroatoms. The van der Waals surface area contributed by atoms with Gasteiger partial charge in [0.15, 0.2) is 5.78 Å². The van der Waals surface area contributed by atoms with Crippen LogP contribution in [0.15, 0.2) is 24.3 Å². The van der Waals surface area contributed by atoms with Crippen LogP contribution in [0.1, 0.15) is 31.1 Å². The Morgan fingerprint density at radius 1 is 1.19 bits per heavy atom. The van der Waals surface area contributed by atoms with Crippen LogP contribution in [0.25, 0.3) is 0 Å². The highest BCUT2D eigenvalue weighted by Gasteiger charge is 2.21. The van der Waals surface area contributed by atoms with Gasteiger partial charge in [0, 0.05) is 17.1 Å². The van der Waals surface area contributed by atoms with Crippen molar-refractivity contribution >= 4 is 23.3 Å². The van der Waals surface area contributed by atoms with Crippen molar-refractivity contribution in [3.05, 3.63) is 34.9 Å². The van der Waals surface area contributed by atoms with Crippen molar-refractivity contribution in [1.29, 1.82) is 0 Å². The first-order valence-corrected chi connectivity index (χ1v) is 7.45. The van der Waals surface area contributed by atoms with E-state index >= 15 is 0 Å². The molecule has 0 heterocycles. The molecule has 4 nitrogen and oxygen atoms in total. The van der Waals surface area contributed by atoms with E-state index in [-0.39, 0.29) is 24.3 Å². The third-order valence-corrected chi connectivity index (χ3v) is 3.52. The molecule has 0 aliphatic carbocycles. The van der Waals surface area contributed by atoms with E-state index in [0.29, 0.717) is 23.0 Å². The molecule has 0 aromatic heterocycles. The molecule has 0 bridgehead atoms. The first kappa shape index (κ1) is 17.7. The predicted molar refractivity (Wildman–Crippen MR) is 85.7 cm³/mol. The summed E-state index contributed by atoms with van der Waals surface area (Å²) in [7, 11) is 1.77. The van der Waals surface area contributed by atoms with Gasteiger partial charge in [-0.1, -0.05) is 25.4 Å². The average Bonchev–Trinajstić information content (AvgIpc) is 2.44. The number of rotatable bonds is 7. The average molecular weight is 311 g/mol. The molecule has 1 amide bonds. The highest BCUT2D eigenvalue weighted by molar-refractivity contribution is 6.30. The lowest BCUT2D eigenvalue weighted by Crippen LogP contribution is -2.43. The number of nitrogens with one attached hydrogen (secondary N) is 1.